The van der Waals surface area contributed by atoms with Crippen LogP contribution in [-0.4, -0.2) is 42.4 Å². The molecule has 0 bridgehead atoms. The molecule has 2 amide bonds. The van der Waals surface area contributed by atoms with Gasteiger partial charge in [0.25, 0.3) is 0 Å². The molecule has 0 radical (unpaired) electrons. The summed E-state index contributed by atoms with van der Waals surface area (Å²) in [7, 11) is 0. The summed E-state index contributed by atoms with van der Waals surface area (Å²) < 4.78 is 0. The predicted octanol–water partition coefficient (Wildman–Crippen LogP) is 2.14. The fourth-order valence-electron chi connectivity index (χ4n) is 2.17. The molecule has 0 unspecified atom stereocenters. The van der Waals surface area contributed by atoms with Crippen LogP contribution in [0.4, 0.5) is 5.69 Å². The van der Waals surface area contributed by atoms with Gasteiger partial charge < -0.3 is 10.6 Å². The summed E-state index contributed by atoms with van der Waals surface area (Å²) in [5, 5.41) is 6.49. The molecule has 2 N–H and O–H groups in total. The smallest absolute Gasteiger partial charge is 0.241 e. The molecule has 0 saturated carbocycles. The van der Waals surface area contributed by atoms with Crippen LogP contribution in [-0.2, 0) is 9.59 Å². The van der Waals surface area contributed by atoms with Crippen LogP contribution in [0.3, 0.4) is 0 Å². The number of hydrogen-bond acceptors (Lipinski definition) is 3. The van der Waals surface area contributed by atoms with E-state index in [1.807, 2.05) is 11.8 Å². The lowest BCUT2D eigenvalue weighted by molar-refractivity contribution is -0.122. The van der Waals surface area contributed by atoms with Crippen molar-refractivity contribution in [2.75, 3.05) is 25.0 Å². The Kier molecular flexibility index (Phi) is 5.45. The number of amides is 2. The zero-order valence-corrected chi connectivity index (χ0v) is 13.2. The van der Waals surface area contributed by atoms with Crippen molar-refractivity contribution in [3.05, 3.63) is 28.2 Å². The maximum Gasteiger partial charge on any atom is 0.241 e. The fraction of sp³-hybridized carbons (Fsp3) is 0.429. The molecule has 0 spiro atoms. The topological polar surface area (TPSA) is 61.4 Å². The monoisotopic (exact) mass is 329 g/mol. The first-order valence-electron chi connectivity index (χ1n) is 6.74. The van der Waals surface area contributed by atoms with Crippen molar-refractivity contribution in [3.63, 3.8) is 0 Å². The molecule has 1 saturated heterocycles. The van der Waals surface area contributed by atoms with Gasteiger partial charge in [0.15, 0.2) is 0 Å². The molecule has 114 valence electrons. The Morgan fingerprint density at radius 3 is 2.86 bits per heavy atom. The molecule has 21 heavy (non-hydrogen) atoms. The van der Waals surface area contributed by atoms with Crippen molar-refractivity contribution in [1.29, 1.82) is 0 Å². The summed E-state index contributed by atoms with van der Waals surface area (Å²) >= 11 is 11.9. The van der Waals surface area contributed by atoms with Crippen LogP contribution in [0.5, 0.6) is 0 Å². The van der Waals surface area contributed by atoms with Gasteiger partial charge in [-0.2, -0.15) is 0 Å². The van der Waals surface area contributed by atoms with E-state index in [0.717, 1.165) is 0 Å². The zero-order valence-electron chi connectivity index (χ0n) is 11.7. The Bertz CT molecular complexity index is 551. The molecule has 1 aromatic carbocycles. The maximum absolute atomic E-state index is 12.3. The van der Waals surface area contributed by atoms with Crippen LogP contribution in [0, 0.1) is 0 Å². The van der Waals surface area contributed by atoms with Crippen LogP contribution in [0.25, 0.3) is 0 Å². The van der Waals surface area contributed by atoms with Crippen molar-refractivity contribution >= 4 is 40.7 Å². The normalized spacial score (nSPS) is 17.8. The summed E-state index contributed by atoms with van der Waals surface area (Å²) in [6, 6.07) is 4.58. The first-order chi connectivity index (χ1) is 9.97. The Balaban J connectivity index is 2.00. The lowest BCUT2D eigenvalue weighted by Crippen LogP contribution is -2.43. The van der Waals surface area contributed by atoms with E-state index in [-0.39, 0.29) is 17.9 Å². The van der Waals surface area contributed by atoms with Gasteiger partial charge in [0.2, 0.25) is 11.8 Å². The summed E-state index contributed by atoms with van der Waals surface area (Å²) in [5.74, 6) is -0.139. The number of nitrogens with one attached hydrogen (secondary N) is 2. The van der Waals surface area contributed by atoms with E-state index in [2.05, 4.69) is 10.6 Å². The van der Waals surface area contributed by atoms with E-state index in [4.69, 9.17) is 23.2 Å². The molecule has 7 heteroatoms. The Morgan fingerprint density at radius 1 is 1.38 bits per heavy atom. The molecule has 1 fully saturated rings. The van der Waals surface area contributed by atoms with Crippen molar-refractivity contribution in [2.45, 2.75) is 19.4 Å². The molecular formula is C14H17Cl2N3O2. The minimum absolute atomic E-state index is 0.0193. The SMILES string of the molecule is C[C@@H](C(=O)Nc1ccc(Cl)cc1Cl)N1CCNC(=O)CC1. The van der Waals surface area contributed by atoms with Crippen molar-refractivity contribution < 1.29 is 9.59 Å². The maximum atomic E-state index is 12.3. The highest BCUT2D eigenvalue weighted by molar-refractivity contribution is 6.36. The van der Waals surface area contributed by atoms with Crippen LogP contribution in [0.2, 0.25) is 10.0 Å². The highest BCUT2D eigenvalue weighted by Gasteiger charge is 2.24. The number of carbonyl (C=O) groups is 2. The molecule has 5 nitrogen and oxygen atoms in total. The number of carbonyl (C=O) groups excluding carboxylic acids is 2. The first kappa shape index (κ1) is 16.1. The van der Waals surface area contributed by atoms with E-state index in [9.17, 15) is 9.59 Å². The van der Waals surface area contributed by atoms with Crippen LogP contribution < -0.4 is 10.6 Å². The molecule has 1 heterocycles. The second-order valence-corrected chi connectivity index (χ2v) is 5.77. The third-order valence-corrected chi connectivity index (χ3v) is 4.01. The highest BCUT2D eigenvalue weighted by Crippen LogP contribution is 2.25. The molecular weight excluding hydrogens is 313 g/mol. The number of nitrogens with zero attached hydrogens (tertiary/aromatic N) is 1. The van der Waals surface area contributed by atoms with Gasteiger partial charge in [-0.25, -0.2) is 0 Å². The fourth-order valence-corrected chi connectivity index (χ4v) is 2.62. The molecule has 2 rings (SSSR count). The zero-order chi connectivity index (χ0) is 15.4. The molecule has 1 atom stereocenters. The standard InChI is InChI=1S/C14H17Cl2N3O2/c1-9(19-6-4-13(20)17-5-7-19)14(21)18-12-3-2-10(15)8-11(12)16/h2-3,8-9H,4-7H2,1H3,(H,17,20)(H,18,21)/t9-/m0/s1. The number of hydrogen-bond donors (Lipinski definition) is 2. The minimum atomic E-state index is -0.343. The number of halogens is 2. The van der Waals surface area contributed by atoms with Gasteiger partial charge in [0, 0.05) is 31.1 Å². The summed E-state index contributed by atoms with van der Waals surface area (Å²) in [6.45, 7) is 3.58. The number of rotatable bonds is 3. The van der Waals surface area contributed by atoms with Crippen LogP contribution in [0.15, 0.2) is 18.2 Å². The third kappa shape index (κ3) is 4.33. The van der Waals surface area contributed by atoms with Gasteiger partial charge in [0.1, 0.15) is 0 Å². The van der Waals surface area contributed by atoms with Crippen molar-refractivity contribution in [3.8, 4) is 0 Å². The van der Waals surface area contributed by atoms with Crippen molar-refractivity contribution in [1.82, 2.24) is 10.2 Å². The van der Waals surface area contributed by atoms with Gasteiger partial charge in [-0.1, -0.05) is 23.2 Å². The van der Waals surface area contributed by atoms with Gasteiger partial charge in [0.05, 0.1) is 16.8 Å². The van der Waals surface area contributed by atoms with Crippen LogP contribution >= 0.6 is 23.2 Å². The Labute approximate surface area is 133 Å². The van der Waals surface area contributed by atoms with E-state index >= 15 is 0 Å². The van der Waals surface area contributed by atoms with Gasteiger partial charge in [-0.3, -0.25) is 14.5 Å². The Hall–Kier alpha value is -1.30. The van der Waals surface area contributed by atoms with Crippen LogP contribution in [0.1, 0.15) is 13.3 Å². The molecule has 1 aliphatic heterocycles. The first-order valence-corrected chi connectivity index (χ1v) is 7.49. The highest BCUT2D eigenvalue weighted by atomic mass is 35.5. The summed E-state index contributed by atoms with van der Waals surface area (Å²) in [5.41, 5.74) is 0.530. The summed E-state index contributed by atoms with van der Waals surface area (Å²) in [6.07, 6.45) is 0.402. The van der Waals surface area contributed by atoms with E-state index in [1.54, 1.807) is 18.2 Å². The van der Waals surface area contributed by atoms with Crippen molar-refractivity contribution in [2.24, 2.45) is 0 Å². The second-order valence-electron chi connectivity index (χ2n) is 4.93. The van der Waals surface area contributed by atoms with E-state index in [1.165, 1.54) is 0 Å². The molecule has 0 aliphatic carbocycles. The minimum Gasteiger partial charge on any atom is -0.355 e. The molecule has 1 aliphatic rings. The number of benzene rings is 1. The average Bonchev–Trinajstić information content (AvgIpc) is 2.66. The lowest BCUT2D eigenvalue weighted by atomic mass is 10.2. The second kappa shape index (κ2) is 7.11. The van der Waals surface area contributed by atoms with Gasteiger partial charge in [-0.05, 0) is 25.1 Å². The molecule has 1 aromatic rings. The number of anilines is 1. The quantitative estimate of drug-likeness (QED) is 0.893. The van der Waals surface area contributed by atoms with E-state index in [0.29, 0.717) is 41.8 Å². The third-order valence-electron chi connectivity index (χ3n) is 3.46. The van der Waals surface area contributed by atoms with Gasteiger partial charge >= 0.3 is 0 Å². The average molecular weight is 330 g/mol. The lowest BCUT2D eigenvalue weighted by Gasteiger charge is -2.26. The molecule has 0 aromatic heterocycles. The summed E-state index contributed by atoms with van der Waals surface area (Å²) in [4.78, 5) is 25.6. The largest absolute Gasteiger partial charge is 0.355 e. The Morgan fingerprint density at radius 2 is 2.14 bits per heavy atom. The predicted molar refractivity (Wildman–Crippen MR) is 83.8 cm³/mol. The van der Waals surface area contributed by atoms with E-state index < -0.39 is 0 Å². The van der Waals surface area contributed by atoms with Gasteiger partial charge in [-0.15, -0.1) is 0 Å².